The smallest absolute Gasteiger partial charge is 0.316 e. The number of hydrogen-bond acceptors (Lipinski definition) is 4. The molecule has 0 bridgehead atoms. The summed E-state index contributed by atoms with van der Waals surface area (Å²) in [5.41, 5.74) is 0. The largest absolute Gasteiger partial charge is 0.465 e. The fraction of sp³-hybridized carbons (Fsp3) is 0.750. The normalized spacial score (nSPS) is 18.2. The number of carbonyl (C=O) groups is 1. The Labute approximate surface area is 101 Å². The molecule has 1 saturated carbocycles. The molecule has 0 spiro atoms. The van der Waals surface area contributed by atoms with Crippen LogP contribution in [0.15, 0.2) is 6.33 Å². The van der Waals surface area contributed by atoms with Crippen LogP contribution in [-0.2, 0) is 9.53 Å². The monoisotopic (exact) mass is 237 g/mol. The molecule has 1 unspecified atom stereocenters. The summed E-state index contributed by atoms with van der Waals surface area (Å²) >= 11 is 0. The second kappa shape index (κ2) is 5.29. The highest BCUT2D eigenvalue weighted by molar-refractivity contribution is 5.76. The van der Waals surface area contributed by atoms with Crippen molar-refractivity contribution in [1.82, 2.24) is 14.8 Å². The molecule has 2 rings (SSSR count). The van der Waals surface area contributed by atoms with Crippen LogP contribution >= 0.6 is 0 Å². The maximum Gasteiger partial charge on any atom is 0.316 e. The molecule has 1 atom stereocenters. The quantitative estimate of drug-likeness (QED) is 0.752. The highest BCUT2D eigenvalue weighted by Crippen LogP contribution is 2.31. The molecule has 17 heavy (non-hydrogen) atoms. The van der Waals surface area contributed by atoms with E-state index in [1.807, 2.05) is 13.8 Å². The molecular weight excluding hydrogens is 218 g/mol. The van der Waals surface area contributed by atoms with Crippen molar-refractivity contribution in [2.45, 2.75) is 51.5 Å². The third kappa shape index (κ3) is 2.48. The minimum Gasteiger partial charge on any atom is -0.465 e. The van der Waals surface area contributed by atoms with Crippen LogP contribution in [0.2, 0.25) is 0 Å². The lowest BCUT2D eigenvalue weighted by Crippen LogP contribution is -2.19. The fourth-order valence-electron chi connectivity index (χ4n) is 2.40. The van der Waals surface area contributed by atoms with Gasteiger partial charge in [-0.2, -0.15) is 0 Å². The molecule has 1 aliphatic carbocycles. The van der Waals surface area contributed by atoms with Crippen molar-refractivity contribution in [2.24, 2.45) is 0 Å². The van der Waals surface area contributed by atoms with E-state index < -0.39 is 0 Å². The molecule has 1 heterocycles. The molecular formula is C12H19N3O2. The van der Waals surface area contributed by atoms with Gasteiger partial charge >= 0.3 is 5.97 Å². The van der Waals surface area contributed by atoms with Gasteiger partial charge < -0.3 is 9.30 Å². The van der Waals surface area contributed by atoms with Crippen molar-refractivity contribution < 1.29 is 9.53 Å². The van der Waals surface area contributed by atoms with Gasteiger partial charge in [-0.25, -0.2) is 0 Å². The predicted molar refractivity (Wildman–Crippen MR) is 62.6 cm³/mol. The molecule has 1 fully saturated rings. The number of nitrogens with zero attached hydrogens (tertiary/aromatic N) is 3. The molecule has 0 N–H and O–H groups in total. The molecule has 5 nitrogen and oxygen atoms in total. The SMILES string of the molecule is CCOC(=O)C(C)c1nncn1C1CCCC1. The summed E-state index contributed by atoms with van der Waals surface area (Å²) in [4.78, 5) is 11.7. The summed E-state index contributed by atoms with van der Waals surface area (Å²) in [6.45, 7) is 4.04. The summed E-state index contributed by atoms with van der Waals surface area (Å²) in [5.74, 6) is 0.174. The van der Waals surface area contributed by atoms with Crippen LogP contribution in [0, 0.1) is 0 Å². The summed E-state index contributed by atoms with van der Waals surface area (Å²) in [6, 6.07) is 0.455. The predicted octanol–water partition coefficient (Wildman–Crippen LogP) is 2.06. The van der Waals surface area contributed by atoms with Gasteiger partial charge in [0.05, 0.1) is 6.61 Å². The molecule has 1 aromatic heterocycles. The summed E-state index contributed by atoms with van der Waals surface area (Å²) < 4.78 is 7.08. The lowest BCUT2D eigenvalue weighted by molar-refractivity contribution is -0.144. The Balaban J connectivity index is 2.15. The summed E-state index contributed by atoms with van der Waals surface area (Å²) in [6.07, 6.45) is 6.54. The van der Waals surface area contributed by atoms with Crippen LogP contribution in [0.25, 0.3) is 0 Å². The Morgan fingerprint density at radius 1 is 1.59 bits per heavy atom. The highest BCUT2D eigenvalue weighted by Gasteiger charge is 2.26. The molecule has 0 radical (unpaired) electrons. The standard InChI is InChI=1S/C12H19N3O2/c1-3-17-12(16)9(2)11-14-13-8-15(11)10-6-4-5-7-10/h8-10H,3-7H2,1-2H3. The van der Waals surface area contributed by atoms with Gasteiger partial charge in [-0.05, 0) is 26.7 Å². The zero-order valence-electron chi connectivity index (χ0n) is 10.4. The van der Waals surface area contributed by atoms with E-state index >= 15 is 0 Å². The number of rotatable bonds is 4. The molecule has 0 aromatic carbocycles. The van der Waals surface area contributed by atoms with Crippen LogP contribution in [0.3, 0.4) is 0 Å². The molecule has 0 amide bonds. The number of hydrogen-bond donors (Lipinski definition) is 0. The number of aromatic nitrogens is 3. The zero-order chi connectivity index (χ0) is 12.3. The lowest BCUT2D eigenvalue weighted by Gasteiger charge is -2.16. The second-order valence-electron chi connectivity index (χ2n) is 4.51. The van der Waals surface area contributed by atoms with Crippen molar-refractivity contribution in [1.29, 1.82) is 0 Å². The molecule has 94 valence electrons. The average Bonchev–Trinajstić information content (AvgIpc) is 2.98. The Morgan fingerprint density at radius 3 is 2.94 bits per heavy atom. The third-order valence-corrected chi connectivity index (χ3v) is 3.35. The van der Waals surface area contributed by atoms with Gasteiger partial charge in [0.15, 0.2) is 0 Å². The van der Waals surface area contributed by atoms with Gasteiger partial charge in [-0.3, -0.25) is 4.79 Å². The number of esters is 1. The van der Waals surface area contributed by atoms with Crippen LogP contribution in [0.4, 0.5) is 0 Å². The van der Waals surface area contributed by atoms with E-state index in [2.05, 4.69) is 14.8 Å². The molecule has 0 saturated heterocycles. The van der Waals surface area contributed by atoms with Gasteiger partial charge in [-0.15, -0.1) is 10.2 Å². The average molecular weight is 237 g/mol. The molecule has 1 aromatic rings. The third-order valence-electron chi connectivity index (χ3n) is 3.35. The van der Waals surface area contributed by atoms with Crippen molar-refractivity contribution in [3.8, 4) is 0 Å². The maximum atomic E-state index is 11.7. The minimum atomic E-state index is -0.335. The van der Waals surface area contributed by atoms with Crippen LogP contribution in [0.5, 0.6) is 0 Å². The Bertz CT molecular complexity index is 383. The Morgan fingerprint density at radius 2 is 2.29 bits per heavy atom. The van der Waals surface area contributed by atoms with E-state index in [0.29, 0.717) is 12.6 Å². The van der Waals surface area contributed by atoms with Gasteiger partial charge in [0.1, 0.15) is 18.1 Å². The number of ether oxygens (including phenoxy) is 1. The van der Waals surface area contributed by atoms with Crippen molar-refractivity contribution in [3.63, 3.8) is 0 Å². The van der Waals surface area contributed by atoms with E-state index in [4.69, 9.17) is 4.74 Å². The van der Waals surface area contributed by atoms with Crippen molar-refractivity contribution in [2.75, 3.05) is 6.61 Å². The van der Waals surface area contributed by atoms with Crippen molar-refractivity contribution in [3.05, 3.63) is 12.2 Å². The van der Waals surface area contributed by atoms with E-state index in [0.717, 1.165) is 18.7 Å². The molecule has 5 heteroatoms. The zero-order valence-corrected chi connectivity index (χ0v) is 10.4. The van der Waals surface area contributed by atoms with E-state index in [1.165, 1.54) is 12.8 Å². The number of carbonyl (C=O) groups excluding carboxylic acids is 1. The van der Waals surface area contributed by atoms with Gasteiger partial charge in [0.25, 0.3) is 0 Å². The van der Waals surface area contributed by atoms with Gasteiger partial charge in [0, 0.05) is 6.04 Å². The first-order valence-corrected chi connectivity index (χ1v) is 6.30. The van der Waals surface area contributed by atoms with E-state index in [1.54, 1.807) is 6.33 Å². The van der Waals surface area contributed by atoms with Crippen LogP contribution in [-0.4, -0.2) is 27.3 Å². The second-order valence-corrected chi connectivity index (χ2v) is 4.51. The van der Waals surface area contributed by atoms with Gasteiger partial charge in [0.2, 0.25) is 0 Å². The highest BCUT2D eigenvalue weighted by atomic mass is 16.5. The molecule has 1 aliphatic rings. The first kappa shape index (κ1) is 12.1. The maximum absolute atomic E-state index is 11.7. The first-order chi connectivity index (χ1) is 8.24. The summed E-state index contributed by atoms with van der Waals surface area (Å²) in [7, 11) is 0. The minimum absolute atomic E-state index is 0.222. The summed E-state index contributed by atoms with van der Waals surface area (Å²) in [5, 5.41) is 8.01. The first-order valence-electron chi connectivity index (χ1n) is 6.30. The van der Waals surface area contributed by atoms with E-state index in [9.17, 15) is 4.79 Å². The lowest BCUT2D eigenvalue weighted by atomic mass is 10.1. The Hall–Kier alpha value is -1.39. The van der Waals surface area contributed by atoms with Crippen LogP contribution in [0.1, 0.15) is 57.3 Å². The topological polar surface area (TPSA) is 57.0 Å². The Kier molecular flexibility index (Phi) is 3.76. The van der Waals surface area contributed by atoms with Crippen LogP contribution < -0.4 is 0 Å². The fourth-order valence-corrected chi connectivity index (χ4v) is 2.40. The van der Waals surface area contributed by atoms with E-state index in [-0.39, 0.29) is 11.9 Å². The molecule has 0 aliphatic heterocycles. The van der Waals surface area contributed by atoms with Crippen molar-refractivity contribution >= 4 is 5.97 Å². The van der Waals surface area contributed by atoms with Gasteiger partial charge in [-0.1, -0.05) is 12.8 Å².